The zero-order valence-corrected chi connectivity index (χ0v) is 8.14. The maximum absolute atomic E-state index is 10.8. The summed E-state index contributed by atoms with van der Waals surface area (Å²) in [7, 11) is 1.63. The summed E-state index contributed by atoms with van der Waals surface area (Å²) in [6, 6.07) is -0.0907. The van der Waals surface area contributed by atoms with Crippen LogP contribution in [0.3, 0.4) is 0 Å². The highest BCUT2D eigenvalue weighted by Crippen LogP contribution is 2.17. The number of amides is 2. The van der Waals surface area contributed by atoms with Crippen molar-refractivity contribution in [1.82, 2.24) is 10.6 Å². The molecule has 13 heavy (non-hydrogen) atoms. The van der Waals surface area contributed by atoms with Crippen molar-refractivity contribution in [3.8, 4) is 0 Å². The van der Waals surface area contributed by atoms with Crippen LogP contribution in [-0.4, -0.2) is 32.8 Å². The zero-order chi connectivity index (χ0) is 9.52. The lowest BCUT2D eigenvalue weighted by atomic mass is 9.97. The summed E-state index contributed by atoms with van der Waals surface area (Å²) in [5, 5.41) is 5.32. The number of hydrogen-bond acceptors (Lipinski definition) is 2. The van der Waals surface area contributed by atoms with E-state index < -0.39 is 0 Å². The van der Waals surface area contributed by atoms with Gasteiger partial charge in [-0.1, -0.05) is 0 Å². The van der Waals surface area contributed by atoms with Gasteiger partial charge in [-0.15, -0.1) is 0 Å². The molecule has 0 aromatic rings. The molecule has 0 radical (unpaired) electrons. The Morgan fingerprint density at radius 1 is 1.46 bits per heavy atom. The van der Waals surface area contributed by atoms with Crippen LogP contribution in [0, 0.1) is 5.92 Å². The number of nitrogens with one attached hydrogen (secondary N) is 2. The van der Waals surface area contributed by atoms with Gasteiger partial charge in [-0.2, -0.15) is 0 Å². The first-order chi connectivity index (χ1) is 6.33. The summed E-state index contributed by atoms with van der Waals surface area (Å²) in [5.74, 6) is 0.728. The molecule has 2 amide bonds. The SMILES string of the molecule is CNC(=O)NCCC1CCOCC1. The molecule has 0 bridgehead atoms. The van der Waals surface area contributed by atoms with Crippen molar-refractivity contribution in [3.63, 3.8) is 0 Å². The largest absolute Gasteiger partial charge is 0.381 e. The standard InChI is InChI=1S/C9H18N2O2/c1-10-9(12)11-5-2-8-3-6-13-7-4-8/h8H,2-7H2,1H3,(H2,10,11,12). The molecular formula is C9H18N2O2. The number of hydrogen-bond donors (Lipinski definition) is 2. The number of urea groups is 1. The monoisotopic (exact) mass is 186 g/mol. The van der Waals surface area contributed by atoms with Crippen molar-refractivity contribution in [3.05, 3.63) is 0 Å². The topological polar surface area (TPSA) is 50.4 Å². The maximum Gasteiger partial charge on any atom is 0.314 e. The van der Waals surface area contributed by atoms with Crippen molar-refractivity contribution in [2.45, 2.75) is 19.3 Å². The number of carbonyl (C=O) groups is 1. The van der Waals surface area contributed by atoms with E-state index in [1.54, 1.807) is 7.05 Å². The van der Waals surface area contributed by atoms with Crippen LogP contribution in [0.25, 0.3) is 0 Å². The Morgan fingerprint density at radius 3 is 2.77 bits per heavy atom. The van der Waals surface area contributed by atoms with Gasteiger partial charge in [0, 0.05) is 26.8 Å². The Kier molecular flexibility index (Phi) is 4.60. The van der Waals surface area contributed by atoms with Crippen LogP contribution in [0.15, 0.2) is 0 Å². The first-order valence-corrected chi connectivity index (χ1v) is 4.86. The Hall–Kier alpha value is -0.770. The molecule has 1 aliphatic heterocycles. The fourth-order valence-corrected chi connectivity index (χ4v) is 1.51. The normalized spacial score (nSPS) is 18.2. The second-order valence-corrected chi connectivity index (χ2v) is 3.35. The van der Waals surface area contributed by atoms with Gasteiger partial charge in [-0.25, -0.2) is 4.79 Å². The van der Waals surface area contributed by atoms with E-state index in [2.05, 4.69) is 10.6 Å². The van der Waals surface area contributed by atoms with Gasteiger partial charge in [-0.05, 0) is 25.2 Å². The molecular weight excluding hydrogens is 168 g/mol. The van der Waals surface area contributed by atoms with Crippen LogP contribution < -0.4 is 10.6 Å². The van der Waals surface area contributed by atoms with E-state index in [4.69, 9.17) is 4.74 Å². The minimum absolute atomic E-state index is 0.0907. The highest BCUT2D eigenvalue weighted by atomic mass is 16.5. The van der Waals surface area contributed by atoms with Gasteiger partial charge >= 0.3 is 6.03 Å². The third-order valence-corrected chi connectivity index (χ3v) is 2.41. The predicted molar refractivity (Wildman–Crippen MR) is 50.6 cm³/mol. The second kappa shape index (κ2) is 5.80. The van der Waals surface area contributed by atoms with Crippen LogP contribution in [0.1, 0.15) is 19.3 Å². The van der Waals surface area contributed by atoms with E-state index in [0.29, 0.717) is 0 Å². The van der Waals surface area contributed by atoms with Gasteiger partial charge < -0.3 is 15.4 Å². The summed E-state index contributed by atoms with van der Waals surface area (Å²) in [6.07, 6.45) is 3.33. The Bertz CT molecular complexity index is 156. The Labute approximate surface area is 79.0 Å². The molecule has 0 saturated carbocycles. The molecule has 0 atom stereocenters. The van der Waals surface area contributed by atoms with Gasteiger partial charge in [0.05, 0.1) is 0 Å². The second-order valence-electron chi connectivity index (χ2n) is 3.35. The van der Waals surface area contributed by atoms with Crippen molar-refractivity contribution >= 4 is 6.03 Å². The molecule has 1 aliphatic rings. The van der Waals surface area contributed by atoms with Gasteiger partial charge in [0.15, 0.2) is 0 Å². The maximum atomic E-state index is 10.8. The van der Waals surface area contributed by atoms with E-state index in [0.717, 1.165) is 44.9 Å². The summed E-state index contributed by atoms with van der Waals surface area (Å²) in [4.78, 5) is 10.8. The van der Waals surface area contributed by atoms with Crippen molar-refractivity contribution in [2.75, 3.05) is 26.8 Å². The molecule has 0 spiro atoms. The predicted octanol–water partition coefficient (Wildman–Crippen LogP) is 0.732. The molecule has 1 heterocycles. The molecule has 1 saturated heterocycles. The molecule has 76 valence electrons. The summed E-state index contributed by atoms with van der Waals surface area (Å²) >= 11 is 0. The van der Waals surface area contributed by atoms with Gasteiger partial charge in [0.25, 0.3) is 0 Å². The fourth-order valence-electron chi connectivity index (χ4n) is 1.51. The number of carbonyl (C=O) groups excluding carboxylic acids is 1. The van der Waals surface area contributed by atoms with Crippen LogP contribution in [0.5, 0.6) is 0 Å². The molecule has 2 N–H and O–H groups in total. The first-order valence-electron chi connectivity index (χ1n) is 4.86. The third kappa shape index (κ3) is 4.12. The molecule has 0 aromatic heterocycles. The fraction of sp³-hybridized carbons (Fsp3) is 0.889. The van der Waals surface area contributed by atoms with Gasteiger partial charge in [-0.3, -0.25) is 0 Å². The van der Waals surface area contributed by atoms with E-state index in [1.807, 2.05) is 0 Å². The molecule has 1 fully saturated rings. The average Bonchev–Trinajstić information content (AvgIpc) is 2.19. The lowest BCUT2D eigenvalue weighted by molar-refractivity contribution is 0.0642. The molecule has 1 rings (SSSR count). The Balaban J connectivity index is 2.01. The van der Waals surface area contributed by atoms with Crippen LogP contribution in [0.4, 0.5) is 4.79 Å². The summed E-state index contributed by atoms with van der Waals surface area (Å²) in [5.41, 5.74) is 0. The van der Waals surface area contributed by atoms with E-state index in [1.165, 1.54) is 0 Å². The summed E-state index contributed by atoms with van der Waals surface area (Å²) < 4.78 is 5.25. The van der Waals surface area contributed by atoms with Crippen LogP contribution in [-0.2, 0) is 4.74 Å². The van der Waals surface area contributed by atoms with Crippen LogP contribution in [0.2, 0.25) is 0 Å². The summed E-state index contributed by atoms with van der Waals surface area (Å²) in [6.45, 7) is 2.53. The minimum Gasteiger partial charge on any atom is -0.381 e. The van der Waals surface area contributed by atoms with Crippen molar-refractivity contribution in [1.29, 1.82) is 0 Å². The Morgan fingerprint density at radius 2 is 2.15 bits per heavy atom. The van der Waals surface area contributed by atoms with E-state index in [9.17, 15) is 4.79 Å². The van der Waals surface area contributed by atoms with E-state index >= 15 is 0 Å². The molecule has 4 heteroatoms. The van der Waals surface area contributed by atoms with Gasteiger partial charge in [0.2, 0.25) is 0 Å². The third-order valence-electron chi connectivity index (χ3n) is 2.41. The highest BCUT2D eigenvalue weighted by molar-refractivity contribution is 5.73. The van der Waals surface area contributed by atoms with E-state index in [-0.39, 0.29) is 6.03 Å². The first kappa shape index (κ1) is 10.3. The lowest BCUT2D eigenvalue weighted by Gasteiger charge is -2.21. The van der Waals surface area contributed by atoms with Gasteiger partial charge in [0.1, 0.15) is 0 Å². The van der Waals surface area contributed by atoms with Crippen molar-refractivity contribution < 1.29 is 9.53 Å². The van der Waals surface area contributed by atoms with Crippen LogP contribution >= 0.6 is 0 Å². The smallest absolute Gasteiger partial charge is 0.314 e. The minimum atomic E-state index is -0.0907. The molecule has 0 unspecified atom stereocenters. The number of rotatable bonds is 3. The molecule has 0 aromatic carbocycles. The number of ether oxygens (including phenoxy) is 1. The molecule has 0 aliphatic carbocycles. The zero-order valence-electron chi connectivity index (χ0n) is 8.14. The molecule has 4 nitrogen and oxygen atoms in total. The highest BCUT2D eigenvalue weighted by Gasteiger charge is 2.13. The quantitative estimate of drug-likeness (QED) is 0.682. The average molecular weight is 186 g/mol. The van der Waals surface area contributed by atoms with Crippen molar-refractivity contribution in [2.24, 2.45) is 5.92 Å². The lowest BCUT2D eigenvalue weighted by Crippen LogP contribution is -2.34.